The number of aromatic nitrogens is 1. The zero-order valence-electron chi connectivity index (χ0n) is 19.3. The van der Waals surface area contributed by atoms with Gasteiger partial charge < -0.3 is 19.4 Å². The van der Waals surface area contributed by atoms with Crippen LogP contribution in [0.2, 0.25) is 0 Å². The van der Waals surface area contributed by atoms with Gasteiger partial charge >= 0.3 is 0 Å². The molecular formula is C27H30FN3O3. The lowest BCUT2D eigenvalue weighted by Crippen LogP contribution is -2.34. The summed E-state index contributed by atoms with van der Waals surface area (Å²) in [5.41, 5.74) is 6.01. The third-order valence-electron chi connectivity index (χ3n) is 7.85. The molecule has 3 aromatic rings. The first kappa shape index (κ1) is 21.7. The number of piperidine rings is 1. The molecule has 1 fully saturated rings. The van der Waals surface area contributed by atoms with E-state index in [1.807, 2.05) is 4.90 Å². The Balaban J connectivity index is 1.02. The summed E-state index contributed by atoms with van der Waals surface area (Å²) in [5, 5.41) is 16.0. The average Bonchev–Trinajstić information content (AvgIpc) is 3.47. The molecule has 1 atom stereocenters. The highest BCUT2D eigenvalue weighted by atomic mass is 19.1. The maximum Gasteiger partial charge on any atom is 0.227 e. The molecule has 2 aromatic carbocycles. The first-order valence-corrected chi connectivity index (χ1v) is 12.5. The van der Waals surface area contributed by atoms with E-state index in [0.717, 1.165) is 87.0 Å². The molecule has 1 aromatic heterocycles. The summed E-state index contributed by atoms with van der Waals surface area (Å²) in [6.45, 7) is 3.72. The summed E-state index contributed by atoms with van der Waals surface area (Å²) >= 11 is 0. The SMILES string of the molecule is O=C1CCc2cc(C(O)CCCN3CCC(c4noc5cc(F)ccc45)CC3)cc3c2N1CC3. The number of halogens is 1. The molecule has 0 spiro atoms. The fourth-order valence-corrected chi connectivity index (χ4v) is 6.01. The summed E-state index contributed by atoms with van der Waals surface area (Å²) in [6.07, 6.45) is 5.46. The highest BCUT2D eigenvalue weighted by Crippen LogP contribution is 2.39. The van der Waals surface area contributed by atoms with Crippen molar-refractivity contribution >= 4 is 22.6 Å². The molecule has 0 bridgehead atoms. The molecule has 6 nitrogen and oxygen atoms in total. The van der Waals surface area contributed by atoms with Crippen molar-refractivity contribution in [2.75, 3.05) is 31.1 Å². The van der Waals surface area contributed by atoms with Crippen LogP contribution in [0.25, 0.3) is 11.0 Å². The molecule has 0 saturated carbocycles. The molecular weight excluding hydrogens is 433 g/mol. The minimum atomic E-state index is -0.465. The van der Waals surface area contributed by atoms with Crippen LogP contribution < -0.4 is 4.90 Å². The Bertz CT molecular complexity index is 1230. The van der Waals surface area contributed by atoms with Crippen LogP contribution in [0.3, 0.4) is 0 Å². The third-order valence-corrected chi connectivity index (χ3v) is 7.85. The van der Waals surface area contributed by atoms with Crippen molar-refractivity contribution in [2.45, 2.75) is 57.0 Å². The van der Waals surface area contributed by atoms with E-state index in [2.05, 4.69) is 22.2 Å². The number of amides is 1. The number of aryl methyl sites for hydroxylation is 1. The predicted octanol–water partition coefficient (Wildman–Crippen LogP) is 4.50. The van der Waals surface area contributed by atoms with Crippen molar-refractivity contribution in [3.8, 4) is 0 Å². The number of likely N-dealkylation sites (tertiary alicyclic amines) is 1. The fraction of sp³-hybridized carbons (Fsp3) is 0.481. The maximum atomic E-state index is 13.4. The van der Waals surface area contributed by atoms with Crippen LogP contribution in [0.4, 0.5) is 10.1 Å². The van der Waals surface area contributed by atoms with E-state index >= 15 is 0 Å². The zero-order valence-corrected chi connectivity index (χ0v) is 19.3. The van der Waals surface area contributed by atoms with Crippen molar-refractivity contribution in [1.82, 2.24) is 10.1 Å². The molecule has 1 N–H and O–H groups in total. The summed E-state index contributed by atoms with van der Waals surface area (Å²) < 4.78 is 18.8. The second-order valence-electron chi connectivity index (χ2n) is 9.97. The molecule has 1 unspecified atom stereocenters. The van der Waals surface area contributed by atoms with Crippen LogP contribution in [-0.4, -0.2) is 47.2 Å². The van der Waals surface area contributed by atoms with Crippen molar-refractivity contribution in [3.63, 3.8) is 0 Å². The number of carbonyl (C=O) groups excluding carboxylic acids is 1. The van der Waals surface area contributed by atoms with Gasteiger partial charge in [-0.15, -0.1) is 0 Å². The summed E-state index contributed by atoms with van der Waals surface area (Å²) in [5.74, 6) is 0.265. The van der Waals surface area contributed by atoms with Gasteiger partial charge in [0.1, 0.15) is 5.82 Å². The molecule has 3 aliphatic rings. The molecule has 3 aliphatic heterocycles. The second-order valence-corrected chi connectivity index (χ2v) is 9.97. The van der Waals surface area contributed by atoms with Gasteiger partial charge in [0.05, 0.1) is 17.5 Å². The van der Waals surface area contributed by atoms with Crippen molar-refractivity contribution in [2.24, 2.45) is 0 Å². The Morgan fingerprint density at radius 1 is 1.09 bits per heavy atom. The smallest absolute Gasteiger partial charge is 0.227 e. The average molecular weight is 464 g/mol. The molecule has 34 heavy (non-hydrogen) atoms. The molecule has 0 radical (unpaired) electrons. The van der Waals surface area contributed by atoms with E-state index in [9.17, 15) is 14.3 Å². The lowest BCUT2D eigenvalue weighted by Gasteiger charge is -2.31. The van der Waals surface area contributed by atoms with Crippen molar-refractivity contribution < 1.29 is 18.8 Å². The van der Waals surface area contributed by atoms with E-state index in [0.29, 0.717) is 17.9 Å². The Labute approximate surface area is 198 Å². The van der Waals surface area contributed by atoms with Gasteiger partial charge in [-0.25, -0.2) is 4.39 Å². The Kier molecular flexibility index (Phi) is 5.62. The number of rotatable bonds is 6. The molecule has 1 amide bonds. The van der Waals surface area contributed by atoms with Gasteiger partial charge in [0.2, 0.25) is 5.91 Å². The van der Waals surface area contributed by atoms with Gasteiger partial charge in [0.25, 0.3) is 0 Å². The quantitative estimate of drug-likeness (QED) is 0.583. The van der Waals surface area contributed by atoms with Gasteiger partial charge in [0.15, 0.2) is 5.58 Å². The van der Waals surface area contributed by atoms with E-state index < -0.39 is 6.10 Å². The van der Waals surface area contributed by atoms with Gasteiger partial charge in [0, 0.05) is 30.3 Å². The number of hydrogen-bond donors (Lipinski definition) is 1. The van der Waals surface area contributed by atoms with Crippen molar-refractivity contribution in [3.05, 3.63) is 58.5 Å². The number of benzene rings is 2. The second kappa shape index (κ2) is 8.78. The van der Waals surface area contributed by atoms with E-state index in [-0.39, 0.29) is 11.7 Å². The molecule has 1 saturated heterocycles. The molecule has 4 heterocycles. The third kappa shape index (κ3) is 3.91. The van der Waals surface area contributed by atoms with Crippen molar-refractivity contribution in [1.29, 1.82) is 0 Å². The lowest BCUT2D eigenvalue weighted by atomic mass is 9.91. The molecule has 6 rings (SSSR count). The highest BCUT2D eigenvalue weighted by Gasteiger charge is 2.32. The number of fused-ring (bicyclic) bond motifs is 1. The number of aliphatic hydroxyl groups excluding tert-OH is 1. The Hall–Kier alpha value is -2.77. The molecule has 0 aliphatic carbocycles. The first-order chi connectivity index (χ1) is 16.6. The van der Waals surface area contributed by atoms with Gasteiger partial charge in [-0.3, -0.25) is 4.79 Å². The van der Waals surface area contributed by atoms with Gasteiger partial charge in [-0.1, -0.05) is 17.3 Å². The Morgan fingerprint density at radius 2 is 1.88 bits per heavy atom. The number of carbonyl (C=O) groups is 1. The lowest BCUT2D eigenvalue weighted by molar-refractivity contribution is -0.118. The normalized spacial score (nSPS) is 19.7. The monoisotopic (exact) mass is 463 g/mol. The first-order valence-electron chi connectivity index (χ1n) is 12.5. The van der Waals surface area contributed by atoms with Gasteiger partial charge in [-0.05, 0) is 87.0 Å². The largest absolute Gasteiger partial charge is 0.388 e. The van der Waals surface area contributed by atoms with Crippen LogP contribution in [0.15, 0.2) is 34.9 Å². The summed E-state index contributed by atoms with van der Waals surface area (Å²) in [6, 6.07) is 8.87. The van der Waals surface area contributed by atoms with Crippen LogP contribution in [0.5, 0.6) is 0 Å². The van der Waals surface area contributed by atoms with Crippen LogP contribution in [0, 0.1) is 5.82 Å². The van der Waals surface area contributed by atoms with Gasteiger partial charge in [-0.2, -0.15) is 0 Å². The van der Waals surface area contributed by atoms with E-state index in [1.165, 1.54) is 23.3 Å². The highest BCUT2D eigenvalue weighted by molar-refractivity contribution is 5.98. The molecule has 7 heteroatoms. The predicted molar refractivity (Wildman–Crippen MR) is 127 cm³/mol. The van der Waals surface area contributed by atoms with Crippen LogP contribution in [0.1, 0.15) is 66.5 Å². The summed E-state index contributed by atoms with van der Waals surface area (Å²) in [4.78, 5) is 16.5. The van der Waals surface area contributed by atoms with Crippen LogP contribution in [-0.2, 0) is 17.6 Å². The minimum absolute atomic E-state index is 0.231. The number of hydrogen-bond acceptors (Lipinski definition) is 5. The zero-order chi connectivity index (χ0) is 23.2. The minimum Gasteiger partial charge on any atom is -0.388 e. The van der Waals surface area contributed by atoms with Crippen LogP contribution >= 0.6 is 0 Å². The standard InChI is InChI=1S/C27H30FN3O3/c28-21-4-5-22-24(16-21)34-29-26(22)17-7-11-30(12-8-17)10-1-2-23(32)20-14-18-3-6-25(33)31-13-9-19(15-20)27(18)31/h4-5,14-17,23,32H,1-3,6-13H2. The Morgan fingerprint density at radius 3 is 2.71 bits per heavy atom. The summed E-state index contributed by atoms with van der Waals surface area (Å²) in [7, 11) is 0. The number of anilines is 1. The number of aliphatic hydroxyl groups is 1. The van der Waals surface area contributed by atoms with E-state index in [1.54, 1.807) is 6.07 Å². The topological polar surface area (TPSA) is 69.8 Å². The molecule has 178 valence electrons. The fourth-order valence-electron chi connectivity index (χ4n) is 6.01. The van der Waals surface area contributed by atoms with E-state index in [4.69, 9.17) is 4.52 Å². The number of nitrogens with zero attached hydrogens (tertiary/aromatic N) is 3. The maximum absolute atomic E-state index is 13.4.